The summed E-state index contributed by atoms with van der Waals surface area (Å²) in [5.41, 5.74) is 1.67. The van der Waals surface area contributed by atoms with Crippen molar-refractivity contribution in [3.63, 3.8) is 0 Å². The molecule has 0 saturated heterocycles. The van der Waals surface area contributed by atoms with E-state index >= 15 is 0 Å². The Hall–Kier alpha value is -1.78. The lowest BCUT2D eigenvalue weighted by molar-refractivity contribution is 1.22. The van der Waals surface area contributed by atoms with E-state index in [-0.39, 0.29) is 0 Å². The maximum atomic E-state index is 4.22. The second-order valence-corrected chi connectivity index (χ2v) is 5.84. The molecule has 0 radical (unpaired) electrons. The van der Waals surface area contributed by atoms with Crippen molar-refractivity contribution in [3.05, 3.63) is 72.5 Å². The predicted molar refractivity (Wildman–Crippen MR) is 89.2 cm³/mol. The first kappa shape index (κ1) is 14.6. The van der Waals surface area contributed by atoms with Crippen molar-refractivity contribution in [2.45, 2.75) is 9.79 Å². The van der Waals surface area contributed by atoms with Gasteiger partial charge in [-0.1, -0.05) is 36.7 Å². The van der Waals surface area contributed by atoms with E-state index < -0.39 is 0 Å². The van der Waals surface area contributed by atoms with Gasteiger partial charge in [0, 0.05) is 9.79 Å². The molecule has 0 unspecified atom stereocenters. The van der Waals surface area contributed by atoms with Crippen LogP contribution in [0.25, 0.3) is 0 Å². The molecule has 0 fully saturated rings. The minimum Gasteiger partial charge on any atom is -0.151 e. The maximum absolute atomic E-state index is 4.22. The third-order valence-corrected chi connectivity index (χ3v) is 3.82. The molecule has 0 amide bonds. The van der Waals surface area contributed by atoms with E-state index in [9.17, 15) is 0 Å². The van der Waals surface area contributed by atoms with Gasteiger partial charge in [-0.25, -0.2) is 0 Å². The van der Waals surface area contributed by atoms with E-state index in [0.717, 1.165) is 21.2 Å². The number of azo groups is 1. The van der Waals surface area contributed by atoms with Gasteiger partial charge in [0.05, 0.1) is 11.4 Å². The maximum Gasteiger partial charge on any atom is 0.0857 e. The molecule has 0 bridgehead atoms. The van der Waals surface area contributed by atoms with Crippen LogP contribution in [0.5, 0.6) is 0 Å². The summed E-state index contributed by atoms with van der Waals surface area (Å²) in [6.45, 7) is 7.38. The second-order valence-electron chi connectivity index (χ2n) is 3.76. The van der Waals surface area contributed by atoms with Crippen molar-refractivity contribution in [1.29, 1.82) is 0 Å². The summed E-state index contributed by atoms with van der Waals surface area (Å²) in [5.74, 6) is 0. The molecule has 0 aliphatic heterocycles. The molecular weight excluding hydrogens is 284 g/mol. The van der Waals surface area contributed by atoms with Gasteiger partial charge in [-0.05, 0) is 59.3 Å². The first-order valence-electron chi connectivity index (χ1n) is 5.99. The molecule has 2 rings (SSSR count). The summed E-state index contributed by atoms with van der Waals surface area (Å²) >= 11 is 3.17. The Morgan fingerprint density at radius 3 is 1.30 bits per heavy atom. The van der Waals surface area contributed by atoms with Crippen molar-refractivity contribution < 1.29 is 0 Å². The van der Waals surface area contributed by atoms with Gasteiger partial charge >= 0.3 is 0 Å². The van der Waals surface area contributed by atoms with Crippen LogP contribution >= 0.6 is 23.5 Å². The van der Waals surface area contributed by atoms with Crippen LogP contribution in [-0.4, -0.2) is 0 Å². The Morgan fingerprint density at radius 2 is 1.00 bits per heavy atom. The summed E-state index contributed by atoms with van der Waals surface area (Å²) in [6.07, 6.45) is 0. The summed E-state index contributed by atoms with van der Waals surface area (Å²) in [6, 6.07) is 15.8. The molecular formula is C16H14N2S2. The number of hydrogen-bond acceptors (Lipinski definition) is 4. The monoisotopic (exact) mass is 298 g/mol. The lowest BCUT2D eigenvalue weighted by Crippen LogP contribution is -1.69. The zero-order chi connectivity index (χ0) is 14.2. The van der Waals surface area contributed by atoms with Crippen LogP contribution in [0.1, 0.15) is 0 Å². The Balaban J connectivity index is 2.04. The van der Waals surface area contributed by atoms with E-state index in [0.29, 0.717) is 0 Å². The van der Waals surface area contributed by atoms with Crippen LogP contribution in [0.15, 0.2) is 92.5 Å². The zero-order valence-electron chi connectivity index (χ0n) is 10.9. The van der Waals surface area contributed by atoms with Crippen molar-refractivity contribution in [2.24, 2.45) is 10.2 Å². The fourth-order valence-electron chi connectivity index (χ4n) is 1.49. The van der Waals surface area contributed by atoms with Gasteiger partial charge in [-0.15, -0.1) is 0 Å². The summed E-state index contributed by atoms with van der Waals surface area (Å²) < 4.78 is 0. The highest BCUT2D eigenvalue weighted by Crippen LogP contribution is 2.25. The summed E-state index contributed by atoms with van der Waals surface area (Å²) in [4.78, 5) is 2.29. The lowest BCUT2D eigenvalue weighted by atomic mass is 10.3. The fraction of sp³-hybridized carbons (Fsp3) is 0. The normalized spacial score (nSPS) is 10.6. The lowest BCUT2D eigenvalue weighted by Gasteiger charge is -1.98. The van der Waals surface area contributed by atoms with Crippen LogP contribution < -0.4 is 0 Å². The van der Waals surface area contributed by atoms with Gasteiger partial charge in [-0.2, -0.15) is 10.2 Å². The van der Waals surface area contributed by atoms with Gasteiger partial charge in [0.2, 0.25) is 0 Å². The minimum atomic E-state index is 0.836. The first-order chi connectivity index (χ1) is 9.81. The Labute approximate surface area is 127 Å². The van der Waals surface area contributed by atoms with E-state index in [2.05, 4.69) is 23.4 Å². The molecule has 0 aliphatic carbocycles. The predicted octanol–water partition coefficient (Wildman–Crippen LogP) is 6.57. The van der Waals surface area contributed by atoms with Gasteiger partial charge in [0.25, 0.3) is 0 Å². The van der Waals surface area contributed by atoms with Gasteiger partial charge in [0.15, 0.2) is 0 Å². The highest BCUT2D eigenvalue weighted by atomic mass is 32.2. The molecule has 2 nitrogen and oxygen atoms in total. The Morgan fingerprint density at radius 1 is 0.650 bits per heavy atom. The van der Waals surface area contributed by atoms with E-state index in [1.54, 1.807) is 34.3 Å². The van der Waals surface area contributed by atoms with Crippen molar-refractivity contribution in [1.82, 2.24) is 0 Å². The van der Waals surface area contributed by atoms with Crippen LogP contribution in [0, 0.1) is 0 Å². The highest BCUT2D eigenvalue weighted by Gasteiger charge is 1.94. The van der Waals surface area contributed by atoms with Crippen molar-refractivity contribution in [3.8, 4) is 0 Å². The van der Waals surface area contributed by atoms with E-state index in [4.69, 9.17) is 0 Å². The molecule has 0 N–H and O–H groups in total. The smallest absolute Gasteiger partial charge is 0.0857 e. The minimum absolute atomic E-state index is 0.836. The fourth-order valence-corrected chi connectivity index (χ4v) is 2.46. The number of benzene rings is 2. The number of hydrogen-bond donors (Lipinski definition) is 0. The van der Waals surface area contributed by atoms with Crippen LogP contribution in [-0.2, 0) is 0 Å². The van der Waals surface area contributed by atoms with E-state index in [1.807, 2.05) is 48.5 Å². The third kappa shape index (κ3) is 4.40. The molecule has 0 atom stereocenters. The summed E-state index contributed by atoms with van der Waals surface area (Å²) in [7, 11) is 0. The SMILES string of the molecule is C=CSc1ccc(N=Nc2ccc(SC=C)cc2)cc1. The highest BCUT2D eigenvalue weighted by molar-refractivity contribution is 8.02. The topological polar surface area (TPSA) is 24.7 Å². The first-order valence-corrected chi connectivity index (χ1v) is 7.75. The van der Waals surface area contributed by atoms with E-state index in [1.165, 1.54) is 0 Å². The van der Waals surface area contributed by atoms with Gasteiger partial charge in [-0.3, -0.25) is 0 Å². The molecule has 0 spiro atoms. The molecule has 4 heteroatoms. The Bertz CT molecular complexity index is 546. The molecule has 0 saturated carbocycles. The molecule has 20 heavy (non-hydrogen) atoms. The quantitative estimate of drug-likeness (QED) is 0.445. The summed E-state index contributed by atoms with van der Waals surface area (Å²) in [5, 5.41) is 12.0. The zero-order valence-corrected chi connectivity index (χ0v) is 12.5. The molecule has 0 aromatic heterocycles. The van der Waals surface area contributed by atoms with Gasteiger partial charge < -0.3 is 0 Å². The second kappa shape index (κ2) is 7.72. The largest absolute Gasteiger partial charge is 0.151 e. The Kier molecular flexibility index (Phi) is 5.65. The average Bonchev–Trinajstić information content (AvgIpc) is 2.49. The molecule has 0 heterocycles. The standard InChI is InChI=1S/C16H14N2S2/c1-3-19-15-9-5-13(6-10-15)17-18-14-7-11-16(12-8-14)20-4-2/h3-12H,1-2H2. The average molecular weight is 298 g/mol. The van der Waals surface area contributed by atoms with Gasteiger partial charge in [0.1, 0.15) is 0 Å². The van der Waals surface area contributed by atoms with Crippen molar-refractivity contribution in [2.75, 3.05) is 0 Å². The number of nitrogens with zero attached hydrogens (tertiary/aromatic N) is 2. The molecule has 0 aliphatic rings. The van der Waals surface area contributed by atoms with Crippen molar-refractivity contribution >= 4 is 34.9 Å². The molecule has 2 aromatic carbocycles. The number of thioether (sulfide) groups is 2. The number of rotatable bonds is 6. The molecule has 100 valence electrons. The van der Waals surface area contributed by atoms with Crippen LogP contribution in [0.2, 0.25) is 0 Å². The third-order valence-electron chi connectivity index (χ3n) is 2.39. The van der Waals surface area contributed by atoms with Crippen LogP contribution in [0.3, 0.4) is 0 Å². The van der Waals surface area contributed by atoms with Crippen LogP contribution in [0.4, 0.5) is 11.4 Å². The molecule has 2 aromatic rings.